The van der Waals surface area contributed by atoms with Crippen LogP contribution in [0.2, 0.25) is 0 Å². The fraction of sp³-hybridized carbons (Fsp3) is 0.250. The van der Waals surface area contributed by atoms with E-state index in [1.54, 1.807) is 27.5 Å². The lowest BCUT2D eigenvalue weighted by Gasteiger charge is -2.22. The van der Waals surface area contributed by atoms with E-state index in [0.29, 0.717) is 29.4 Å². The van der Waals surface area contributed by atoms with Crippen molar-refractivity contribution in [1.29, 1.82) is 0 Å². The van der Waals surface area contributed by atoms with Gasteiger partial charge in [-0.1, -0.05) is 12.1 Å². The van der Waals surface area contributed by atoms with Crippen molar-refractivity contribution in [1.82, 2.24) is 20.5 Å². The van der Waals surface area contributed by atoms with Crippen molar-refractivity contribution in [2.75, 3.05) is 26.6 Å². The summed E-state index contributed by atoms with van der Waals surface area (Å²) >= 11 is 0. The lowest BCUT2D eigenvalue weighted by Crippen LogP contribution is -2.41. The van der Waals surface area contributed by atoms with Gasteiger partial charge in [-0.2, -0.15) is 10.2 Å². The predicted octanol–water partition coefficient (Wildman–Crippen LogP) is 3.58. The van der Waals surface area contributed by atoms with Crippen molar-refractivity contribution in [3.63, 3.8) is 0 Å². The molecule has 0 bridgehead atoms. The molecule has 0 fully saturated rings. The summed E-state index contributed by atoms with van der Waals surface area (Å²) in [6, 6.07) is 14.9. The highest BCUT2D eigenvalue weighted by atomic mass is 16.5. The molecular weight excluding hydrogens is 420 g/mol. The predicted molar refractivity (Wildman–Crippen MR) is 126 cm³/mol. The van der Waals surface area contributed by atoms with E-state index in [1.807, 2.05) is 55.5 Å². The van der Waals surface area contributed by atoms with Gasteiger partial charge in [-0.3, -0.25) is 0 Å². The van der Waals surface area contributed by atoms with E-state index < -0.39 is 0 Å². The number of ether oxygens (including phenoxy) is 2. The van der Waals surface area contributed by atoms with Crippen LogP contribution >= 0.6 is 0 Å². The monoisotopic (exact) mass is 446 g/mol. The Kier molecular flexibility index (Phi) is 6.39. The molecule has 1 aromatic heterocycles. The molecule has 1 unspecified atom stereocenters. The van der Waals surface area contributed by atoms with E-state index in [0.717, 1.165) is 22.4 Å². The maximum atomic E-state index is 12.6. The molecular formula is C24H26N6O3. The normalized spacial score (nSPS) is 15.1. The number of nitrogens with zero attached hydrogens (tertiary/aromatic N) is 4. The highest BCUT2D eigenvalue weighted by Crippen LogP contribution is 2.34. The van der Waals surface area contributed by atoms with Crippen LogP contribution in [0.4, 0.5) is 16.3 Å². The van der Waals surface area contributed by atoms with Crippen LogP contribution in [-0.4, -0.2) is 54.3 Å². The molecule has 0 saturated heterocycles. The van der Waals surface area contributed by atoms with Crippen molar-refractivity contribution in [3.05, 3.63) is 71.4 Å². The maximum absolute atomic E-state index is 12.6. The zero-order valence-corrected chi connectivity index (χ0v) is 19.0. The van der Waals surface area contributed by atoms with Crippen molar-refractivity contribution in [2.45, 2.75) is 19.4 Å². The van der Waals surface area contributed by atoms with Gasteiger partial charge in [-0.25, -0.2) is 9.80 Å². The minimum Gasteiger partial charge on any atom is -0.493 e. The van der Waals surface area contributed by atoms with Gasteiger partial charge in [0.25, 0.3) is 0 Å². The average molecular weight is 447 g/mol. The summed E-state index contributed by atoms with van der Waals surface area (Å²) in [6.07, 6.45) is 2.24. The van der Waals surface area contributed by atoms with Crippen LogP contribution in [0.25, 0.3) is 0 Å². The number of nitrogens with one attached hydrogen (secondary N) is 2. The SMILES string of the molecule is CNC(=O)N1N=C(c2ccc(Nc3cccnn3)cc2)c2cc(OC)c(OC)cc2CC1C. The Morgan fingerprint density at radius 3 is 2.45 bits per heavy atom. The molecule has 2 heterocycles. The zero-order valence-electron chi connectivity index (χ0n) is 19.0. The molecule has 33 heavy (non-hydrogen) atoms. The van der Waals surface area contributed by atoms with E-state index in [-0.39, 0.29) is 12.1 Å². The lowest BCUT2D eigenvalue weighted by atomic mass is 9.94. The number of carbonyl (C=O) groups is 1. The molecule has 0 spiro atoms. The summed E-state index contributed by atoms with van der Waals surface area (Å²) in [6.45, 7) is 1.97. The second-order valence-electron chi connectivity index (χ2n) is 7.58. The quantitative estimate of drug-likeness (QED) is 0.621. The van der Waals surface area contributed by atoms with Crippen LogP contribution in [0.5, 0.6) is 11.5 Å². The Bertz CT molecular complexity index is 1160. The van der Waals surface area contributed by atoms with Crippen LogP contribution in [0.3, 0.4) is 0 Å². The van der Waals surface area contributed by atoms with Gasteiger partial charge in [-0.15, -0.1) is 5.10 Å². The molecule has 4 rings (SSSR count). The highest BCUT2D eigenvalue weighted by molar-refractivity contribution is 6.14. The first-order chi connectivity index (χ1) is 16.0. The smallest absolute Gasteiger partial charge is 0.337 e. The number of methoxy groups -OCH3 is 2. The molecule has 2 amide bonds. The summed E-state index contributed by atoms with van der Waals surface area (Å²) in [5.41, 5.74) is 4.30. The summed E-state index contributed by atoms with van der Waals surface area (Å²) in [5, 5.41) is 20.1. The second-order valence-corrected chi connectivity index (χ2v) is 7.58. The Balaban J connectivity index is 1.78. The van der Waals surface area contributed by atoms with Gasteiger partial charge in [0.05, 0.1) is 26.0 Å². The van der Waals surface area contributed by atoms with Crippen molar-refractivity contribution in [2.24, 2.45) is 5.10 Å². The first-order valence-electron chi connectivity index (χ1n) is 10.5. The minimum atomic E-state index is -0.271. The number of carbonyl (C=O) groups excluding carboxylic acids is 1. The number of rotatable bonds is 5. The number of amides is 2. The number of aromatic nitrogens is 2. The van der Waals surface area contributed by atoms with E-state index in [1.165, 1.54) is 5.01 Å². The number of urea groups is 1. The zero-order chi connectivity index (χ0) is 23.4. The third-order valence-corrected chi connectivity index (χ3v) is 5.43. The van der Waals surface area contributed by atoms with Gasteiger partial charge in [-0.05, 0) is 55.3 Å². The fourth-order valence-corrected chi connectivity index (χ4v) is 3.78. The molecule has 9 nitrogen and oxygen atoms in total. The Labute approximate surface area is 192 Å². The first kappa shape index (κ1) is 22.1. The first-order valence-corrected chi connectivity index (χ1v) is 10.5. The van der Waals surface area contributed by atoms with Crippen LogP contribution in [0.15, 0.2) is 59.8 Å². The fourth-order valence-electron chi connectivity index (χ4n) is 3.78. The standard InChI is InChI=1S/C24H26N6O3/c1-15-12-17-13-20(32-3)21(33-4)14-19(17)23(29-30(15)24(31)25-2)16-7-9-18(10-8-16)27-22-6-5-11-26-28-22/h5-11,13-15H,12H2,1-4H3,(H,25,31)(H,27,28). The van der Waals surface area contributed by atoms with Crippen molar-refractivity contribution >= 4 is 23.2 Å². The van der Waals surface area contributed by atoms with E-state index in [2.05, 4.69) is 20.8 Å². The van der Waals surface area contributed by atoms with Crippen molar-refractivity contribution < 1.29 is 14.3 Å². The summed E-state index contributed by atoms with van der Waals surface area (Å²) in [7, 11) is 4.81. The molecule has 1 aliphatic heterocycles. The van der Waals surface area contributed by atoms with E-state index in [9.17, 15) is 4.79 Å². The van der Waals surface area contributed by atoms with Gasteiger partial charge in [0.15, 0.2) is 17.3 Å². The summed E-state index contributed by atoms with van der Waals surface area (Å²) in [5.74, 6) is 1.89. The maximum Gasteiger partial charge on any atom is 0.337 e. The second kappa shape index (κ2) is 9.56. The van der Waals surface area contributed by atoms with Gasteiger partial charge in [0, 0.05) is 30.1 Å². The molecule has 1 aliphatic rings. The number of anilines is 2. The van der Waals surface area contributed by atoms with Crippen LogP contribution in [0, 0.1) is 0 Å². The molecule has 2 aromatic carbocycles. The number of hydrazone groups is 1. The van der Waals surface area contributed by atoms with Crippen LogP contribution in [0.1, 0.15) is 23.6 Å². The Morgan fingerprint density at radius 1 is 1.09 bits per heavy atom. The van der Waals surface area contributed by atoms with Crippen molar-refractivity contribution in [3.8, 4) is 11.5 Å². The number of benzene rings is 2. The molecule has 0 aliphatic carbocycles. The number of fused-ring (bicyclic) bond motifs is 1. The molecule has 2 N–H and O–H groups in total. The molecule has 9 heteroatoms. The van der Waals surface area contributed by atoms with Gasteiger partial charge in [0.1, 0.15) is 0 Å². The molecule has 1 atom stereocenters. The average Bonchev–Trinajstić information content (AvgIpc) is 2.99. The Hall–Kier alpha value is -4.14. The summed E-state index contributed by atoms with van der Waals surface area (Å²) < 4.78 is 11.0. The molecule has 170 valence electrons. The van der Waals surface area contributed by atoms with Gasteiger partial charge in [0.2, 0.25) is 0 Å². The topological polar surface area (TPSA) is 101 Å². The Morgan fingerprint density at radius 2 is 1.82 bits per heavy atom. The van der Waals surface area contributed by atoms with Crippen LogP contribution < -0.4 is 20.1 Å². The number of hydrogen-bond acceptors (Lipinski definition) is 7. The van der Waals surface area contributed by atoms with Crippen LogP contribution in [-0.2, 0) is 6.42 Å². The third-order valence-electron chi connectivity index (χ3n) is 5.43. The molecule has 0 saturated carbocycles. The summed E-state index contributed by atoms with van der Waals surface area (Å²) in [4.78, 5) is 12.6. The van der Waals surface area contributed by atoms with E-state index in [4.69, 9.17) is 14.6 Å². The molecule has 3 aromatic rings. The number of hydrogen-bond donors (Lipinski definition) is 2. The van der Waals surface area contributed by atoms with Gasteiger partial charge < -0.3 is 20.1 Å². The third kappa shape index (κ3) is 4.57. The minimum absolute atomic E-state index is 0.156. The van der Waals surface area contributed by atoms with Gasteiger partial charge >= 0.3 is 6.03 Å². The highest BCUT2D eigenvalue weighted by Gasteiger charge is 2.28. The largest absolute Gasteiger partial charge is 0.493 e. The molecule has 0 radical (unpaired) electrons. The van der Waals surface area contributed by atoms with E-state index >= 15 is 0 Å². The lowest BCUT2D eigenvalue weighted by molar-refractivity contribution is 0.184.